The first-order chi connectivity index (χ1) is 7.40. The third kappa shape index (κ3) is 2.42. The first-order valence-electron chi connectivity index (χ1n) is 4.98. The van der Waals surface area contributed by atoms with E-state index in [0.29, 0.717) is 0 Å². The van der Waals surface area contributed by atoms with E-state index in [1.54, 1.807) is 6.20 Å². The topological polar surface area (TPSA) is 32.6 Å². The van der Waals surface area contributed by atoms with Crippen molar-refractivity contribution in [1.82, 2.24) is 0 Å². The van der Waals surface area contributed by atoms with Crippen molar-refractivity contribution < 1.29 is 5.11 Å². The Bertz CT molecular complexity index is 415. The summed E-state index contributed by atoms with van der Waals surface area (Å²) in [5.41, 5.74) is 3.02. The van der Waals surface area contributed by atoms with Crippen molar-refractivity contribution in [3.8, 4) is 0 Å². The molecule has 2 nitrogen and oxygen atoms in total. The molecule has 1 aromatic rings. The van der Waals surface area contributed by atoms with Gasteiger partial charge < -0.3 is 5.11 Å². The Hall–Kier alpha value is -1.67. The molecule has 0 bridgehead atoms. The summed E-state index contributed by atoms with van der Waals surface area (Å²) in [6.07, 6.45) is 6.48. The summed E-state index contributed by atoms with van der Waals surface area (Å²) in [4.78, 5) is 4.38. The largest absolute Gasteiger partial charge is 0.392 e. The zero-order chi connectivity index (χ0) is 10.5. The van der Waals surface area contributed by atoms with E-state index in [4.69, 9.17) is 5.11 Å². The molecule has 1 heterocycles. The monoisotopic (exact) mass is 199 g/mol. The van der Waals surface area contributed by atoms with E-state index in [0.717, 1.165) is 23.3 Å². The van der Waals surface area contributed by atoms with Crippen LogP contribution in [0.2, 0.25) is 0 Å². The Morgan fingerprint density at radius 2 is 2.00 bits per heavy atom. The van der Waals surface area contributed by atoms with Crippen molar-refractivity contribution in [3.63, 3.8) is 0 Å². The van der Waals surface area contributed by atoms with Gasteiger partial charge in [0.2, 0.25) is 0 Å². The molecule has 1 aliphatic heterocycles. The van der Waals surface area contributed by atoms with Crippen molar-refractivity contribution in [2.75, 3.05) is 6.61 Å². The maximum atomic E-state index is 8.98. The van der Waals surface area contributed by atoms with Gasteiger partial charge in [0.25, 0.3) is 0 Å². The van der Waals surface area contributed by atoms with E-state index < -0.39 is 0 Å². The van der Waals surface area contributed by atoms with Crippen LogP contribution in [0.25, 0.3) is 0 Å². The summed E-state index contributed by atoms with van der Waals surface area (Å²) in [7, 11) is 0. The fourth-order valence-electron chi connectivity index (χ4n) is 1.49. The predicted octanol–water partition coefficient (Wildman–Crippen LogP) is 2.31. The predicted molar refractivity (Wildman–Crippen MR) is 61.9 cm³/mol. The second kappa shape index (κ2) is 4.71. The van der Waals surface area contributed by atoms with Gasteiger partial charge in [0.05, 0.1) is 12.3 Å². The van der Waals surface area contributed by atoms with Gasteiger partial charge in [-0.15, -0.1) is 0 Å². The Morgan fingerprint density at radius 3 is 2.73 bits per heavy atom. The zero-order valence-corrected chi connectivity index (χ0v) is 8.43. The molecule has 0 unspecified atom stereocenters. The van der Waals surface area contributed by atoms with Crippen LogP contribution in [0.3, 0.4) is 0 Å². The first-order valence-corrected chi connectivity index (χ1v) is 4.98. The molecule has 15 heavy (non-hydrogen) atoms. The third-order valence-corrected chi connectivity index (χ3v) is 2.32. The molecule has 1 N–H and O–H groups in total. The number of aliphatic hydroxyl groups excluding tert-OH is 1. The Morgan fingerprint density at radius 1 is 1.20 bits per heavy atom. The average molecular weight is 199 g/mol. The molecular weight excluding hydrogens is 186 g/mol. The average Bonchev–Trinajstić information content (AvgIpc) is 2.55. The lowest BCUT2D eigenvalue weighted by Gasteiger charge is -2.00. The first kappa shape index (κ1) is 9.87. The molecule has 0 fully saturated rings. The summed E-state index contributed by atoms with van der Waals surface area (Å²) in [6, 6.07) is 10.1. The lowest BCUT2D eigenvalue weighted by Crippen LogP contribution is -1.97. The zero-order valence-electron chi connectivity index (χ0n) is 8.43. The standard InChI is InChI=1S/C13H13NO/c15-10-11-5-4-8-13(14-9-11)12-6-2-1-3-7-12/h1-7,9,15H,8,10H2. The number of hydrogen-bond acceptors (Lipinski definition) is 2. The van der Waals surface area contributed by atoms with Crippen LogP contribution in [-0.2, 0) is 0 Å². The van der Waals surface area contributed by atoms with Gasteiger partial charge in [0.15, 0.2) is 0 Å². The van der Waals surface area contributed by atoms with Crippen LogP contribution in [0.4, 0.5) is 0 Å². The van der Waals surface area contributed by atoms with Gasteiger partial charge in [-0.05, 0) is 11.1 Å². The van der Waals surface area contributed by atoms with Crippen molar-refractivity contribution in [2.24, 2.45) is 4.99 Å². The van der Waals surface area contributed by atoms with E-state index in [2.05, 4.69) is 4.99 Å². The second-order valence-electron chi connectivity index (χ2n) is 3.41. The molecule has 0 radical (unpaired) electrons. The van der Waals surface area contributed by atoms with Gasteiger partial charge in [0.1, 0.15) is 0 Å². The van der Waals surface area contributed by atoms with E-state index in [9.17, 15) is 0 Å². The highest BCUT2D eigenvalue weighted by molar-refractivity contribution is 6.02. The SMILES string of the molecule is OCC1=CN=C(c2ccccc2)CC=C1. The number of nitrogens with zero attached hydrogens (tertiary/aromatic N) is 1. The molecule has 2 heteroatoms. The number of allylic oxidation sites excluding steroid dienone is 1. The normalized spacial score (nSPS) is 15.5. The summed E-state index contributed by atoms with van der Waals surface area (Å²) in [5, 5.41) is 8.98. The Balaban J connectivity index is 2.29. The number of hydrogen-bond donors (Lipinski definition) is 1. The van der Waals surface area contributed by atoms with Gasteiger partial charge in [-0.3, -0.25) is 4.99 Å². The van der Waals surface area contributed by atoms with Crippen LogP contribution in [0.5, 0.6) is 0 Å². The van der Waals surface area contributed by atoms with E-state index in [1.165, 1.54) is 0 Å². The van der Waals surface area contributed by atoms with Crippen LogP contribution in [0, 0.1) is 0 Å². The van der Waals surface area contributed by atoms with Crippen LogP contribution < -0.4 is 0 Å². The summed E-state index contributed by atoms with van der Waals surface area (Å²) in [5.74, 6) is 0. The summed E-state index contributed by atoms with van der Waals surface area (Å²) >= 11 is 0. The van der Waals surface area contributed by atoms with Gasteiger partial charge in [-0.2, -0.15) is 0 Å². The summed E-state index contributed by atoms with van der Waals surface area (Å²) < 4.78 is 0. The van der Waals surface area contributed by atoms with Crippen molar-refractivity contribution in [2.45, 2.75) is 6.42 Å². The lowest BCUT2D eigenvalue weighted by molar-refractivity contribution is 0.334. The van der Waals surface area contributed by atoms with Crippen LogP contribution in [0.1, 0.15) is 12.0 Å². The van der Waals surface area contributed by atoms with Crippen LogP contribution in [0.15, 0.2) is 59.2 Å². The highest BCUT2D eigenvalue weighted by Crippen LogP contribution is 2.10. The van der Waals surface area contributed by atoms with Crippen molar-refractivity contribution >= 4 is 5.71 Å². The molecule has 2 rings (SSSR count). The lowest BCUT2D eigenvalue weighted by atomic mass is 10.1. The van der Waals surface area contributed by atoms with E-state index in [1.807, 2.05) is 42.5 Å². The molecule has 0 aromatic heterocycles. The molecule has 1 aliphatic rings. The van der Waals surface area contributed by atoms with Gasteiger partial charge in [-0.1, -0.05) is 42.5 Å². The molecule has 0 aliphatic carbocycles. The van der Waals surface area contributed by atoms with Crippen molar-refractivity contribution in [3.05, 3.63) is 59.8 Å². The van der Waals surface area contributed by atoms with Gasteiger partial charge in [-0.25, -0.2) is 0 Å². The molecular formula is C13H13NO. The maximum absolute atomic E-state index is 8.98. The molecule has 0 amide bonds. The number of rotatable bonds is 2. The highest BCUT2D eigenvalue weighted by atomic mass is 16.3. The van der Waals surface area contributed by atoms with E-state index in [-0.39, 0.29) is 6.61 Å². The number of aliphatic hydroxyl groups is 1. The molecule has 0 saturated carbocycles. The number of benzene rings is 1. The number of aliphatic imine (C=N–C) groups is 1. The van der Waals surface area contributed by atoms with Crippen LogP contribution >= 0.6 is 0 Å². The second-order valence-corrected chi connectivity index (χ2v) is 3.41. The molecule has 76 valence electrons. The minimum absolute atomic E-state index is 0.0437. The quantitative estimate of drug-likeness (QED) is 0.778. The highest BCUT2D eigenvalue weighted by Gasteiger charge is 2.02. The summed E-state index contributed by atoms with van der Waals surface area (Å²) in [6.45, 7) is 0.0437. The van der Waals surface area contributed by atoms with Gasteiger partial charge >= 0.3 is 0 Å². The minimum atomic E-state index is 0.0437. The molecule has 0 saturated heterocycles. The molecule has 1 aromatic carbocycles. The smallest absolute Gasteiger partial charge is 0.0696 e. The van der Waals surface area contributed by atoms with Crippen LogP contribution in [-0.4, -0.2) is 17.4 Å². The minimum Gasteiger partial charge on any atom is -0.392 e. The van der Waals surface area contributed by atoms with Gasteiger partial charge in [0, 0.05) is 12.6 Å². The third-order valence-electron chi connectivity index (χ3n) is 2.32. The molecule has 0 atom stereocenters. The maximum Gasteiger partial charge on any atom is 0.0696 e. The Labute approximate surface area is 89.3 Å². The van der Waals surface area contributed by atoms with E-state index >= 15 is 0 Å². The Kier molecular flexibility index (Phi) is 3.10. The molecule has 0 spiro atoms. The van der Waals surface area contributed by atoms with Crippen molar-refractivity contribution in [1.29, 1.82) is 0 Å². The fourth-order valence-corrected chi connectivity index (χ4v) is 1.49. The fraction of sp³-hybridized carbons (Fsp3) is 0.154.